The second-order valence-electron chi connectivity index (χ2n) is 6.24. The number of rotatable bonds is 6. The van der Waals surface area contributed by atoms with Gasteiger partial charge in [-0.3, -0.25) is 4.79 Å². The Balaban J connectivity index is 1.51. The number of hydrogen-bond donors (Lipinski definition) is 2. The summed E-state index contributed by atoms with van der Waals surface area (Å²) in [6.07, 6.45) is 3.76. The van der Waals surface area contributed by atoms with Crippen LogP contribution in [0.1, 0.15) is 34.3 Å². The van der Waals surface area contributed by atoms with Crippen molar-refractivity contribution in [1.82, 2.24) is 4.98 Å². The van der Waals surface area contributed by atoms with Crippen LogP contribution in [0, 0.1) is 13.8 Å². The molecule has 3 rings (SSSR count). The first-order valence-corrected chi connectivity index (χ1v) is 8.28. The molecule has 6 nitrogen and oxygen atoms in total. The maximum absolute atomic E-state index is 12.0. The number of amides is 1. The van der Waals surface area contributed by atoms with Crippen LogP contribution in [0.4, 0.5) is 11.5 Å². The molecule has 0 atom stereocenters. The third kappa shape index (κ3) is 4.56. The molecule has 0 bridgehead atoms. The molecule has 130 valence electrons. The van der Waals surface area contributed by atoms with Crippen LogP contribution < -0.4 is 10.6 Å². The molecule has 2 aromatic rings. The molecule has 2 N–H and O–H groups in total. The number of carbonyl (C=O) groups excluding carboxylic acids is 2. The molecule has 1 aliphatic carbocycles. The van der Waals surface area contributed by atoms with E-state index in [0.717, 1.165) is 35.5 Å². The number of nitrogens with one attached hydrogen (secondary N) is 2. The van der Waals surface area contributed by atoms with Crippen LogP contribution in [0.25, 0.3) is 0 Å². The van der Waals surface area contributed by atoms with Crippen LogP contribution in [-0.2, 0) is 9.53 Å². The predicted octanol–water partition coefficient (Wildman–Crippen LogP) is 3.07. The van der Waals surface area contributed by atoms with Gasteiger partial charge in [-0.1, -0.05) is 18.2 Å². The average Bonchev–Trinajstić information content (AvgIpc) is 3.41. The fraction of sp³-hybridized carbons (Fsp3) is 0.316. The molecule has 1 aromatic carbocycles. The Labute approximate surface area is 146 Å². The Bertz CT molecular complexity index is 763. The van der Waals surface area contributed by atoms with Crippen LogP contribution in [0.15, 0.2) is 36.5 Å². The van der Waals surface area contributed by atoms with Crippen LogP contribution in [0.2, 0.25) is 0 Å². The third-order valence-electron chi connectivity index (χ3n) is 4.01. The van der Waals surface area contributed by atoms with Gasteiger partial charge in [0.05, 0.1) is 5.56 Å². The van der Waals surface area contributed by atoms with E-state index in [1.165, 1.54) is 6.20 Å². The van der Waals surface area contributed by atoms with Crippen molar-refractivity contribution in [1.29, 1.82) is 0 Å². The van der Waals surface area contributed by atoms with Gasteiger partial charge in [0.25, 0.3) is 5.91 Å². The first-order chi connectivity index (χ1) is 12.0. The van der Waals surface area contributed by atoms with E-state index in [2.05, 4.69) is 15.6 Å². The summed E-state index contributed by atoms with van der Waals surface area (Å²) in [7, 11) is 0. The van der Waals surface area contributed by atoms with Gasteiger partial charge in [-0.2, -0.15) is 0 Å². The van der Waals surface area contributed by atoms with E-state index in [4.69, 9.17) is 4.74 Å². The number of hydrogen-bond acceptors (Lipinski definition) is 5. The minimum Gasteiger partial charge on any atom is -0.452 e. The van der Waals surface area contributed by atoms with E-state index in [1.807, 2.05) is 32.0 Å². The number of aryl methyl sites for hydroxylation is 2. The van der Waals surface area contributed by atoms with Gasteiger partial charge in [-0.05, 0) is 49.9 Å². The van der Waals surface area contributed by atoms with E-state index in [9.17, 15) is 9.59 Å². The van der Waals surface area contributed by atoms with Crippen molar-refractivity contribution in [3.8, 4) is 0 Å². The minimum absolute atomic E-state index is 0.321. The quantitative estimate of drug-likeness (QED) is 0.791. The second-order valence-corrected chi connectivity index (χ2v) is 6.24. The average molecular weight is 339 g/mol. The lowest BCUT2D eigenvalue weighted by Crippen LogP contribution is -2.22. The molecule has 1 aromatic heterocycles. The Kier molecular flexibility index (Phi) is 4.97. The Morgan fingerprint density at radius 3 is 2.48 bits per heavy atom. The molecule has 1 amide bonds. The van der Waals surface area contributed by atoms with Crippen molar-refractivity contribution in [3.05, 3.63) is 53.2 Å². The zero-order chi connectivity index (χ0) is 17.8. The van der Waals surface area contributed by atoms with E-state index in [1.54, 1.807) is 12.1 Å². The lowest BCUT2D eigenvalue weighted by atomic mass is 10.1. The summed E-state index contributed by atoms with van der Waals surface area (Å²) in [6, 6.07) is 9.64. The SMILES string of the molecule is Cc1cccc(C)c1NC(=O)COC(=O)c1ccc(NC2CC2)nc1. The third-order valence-corrected chi connectivity index (χ3v) is 4.01. The minimum atomic E-state index is -0.567. The Morgan fingerprint density at radius 2 is 1.88 bits per heavy atom. The molecule has 1 fully saturated rings. The van der Waals surface area contributed by atoms with E-state index >= 15 is 0 Å². The number of pyridine rings is 1. The van der Waals surface area contributed by atoms with Crippen molar-refractivity contribution in [3.63, 3.8) is 0 Å². The van der Waals surface area contributed by atoms with Gasteiger partial charge in [-0.15, -0.1) is 0 Å². The molecule has 6 heteroatoms. The summed E-state index contributed by atoms with van der Waals surface area (Å²) >= 11 is 0. The van der Waals surface area contributed by atoms with Gasteiger partial charge in [0.2, 0.25) is 0 Å². The first kappa shape index (κ1) is 17.0. The predicted molar refractivity (Wildman–Crippen MR) is 95.7 cm³/mol. The maximum atomic E-state index is 12.0. The highest BCUT2D eigenvalue weighted by molar-refractivity contribution is 5.96. The summed E-state index contributed by atoms with van der Waals surface area (Å²) in [4.78, 5) is 28.2. The standard InChI is InChI=1S/C19H21N3O3/c1-12-4-3-5-13(2)18(12)22-17(23)11-25-19(24)14-6-9-16(20-10-14)21-15-7-8-15/h3-6,9-10,15H,7-8,11H2,1-2H3,(H,20,21)(H,22,23). The van der Waals surface area contributed by atoms with Gasteiger partial charge < -0.3 is 15.4 Å². The van der Waals surface area contributed by atoms with Gasteiger partial charge in [0.15, 0.2) is 6.61 Å². The van der Waals surface area contributed by atoms with Crippen molar-refractivity contribution in [2.75, 3.05) is 17.2 Å². The van der Waals surface area contributed by atoms with Crippen LogP contribution in [0.3, 0.4) is 0 Å². The zero-order valence-electron chi connectivity index (χ0n) is 14.3. The largest absolute Gasteiger partial charge is 0.452 e. The molecule has 0 aliphatic heterocycles. The smallest absolute Gasteiger partial charge is 0.340 e. The molecule has 0 spiro atoms. The summed E-state index contributed by atoms with van der Waals surface area (Å²) in [5.74, 6) is -0.195. The van der Waals surface area contributed by atoms with Gasteiger partial charge in [0.1, 0.15) is 5.82 Å². The number of esters is 1. The number of nitrogens with zero attached hydrogens (tertiary/aromatic N) is 1. The summed E-state index contributed by atoms with van der Waals surface area (Å²) in [6.45, 7) is 3.49. The number of anilines is 2. The Hall–Kier alpha value is -2.89. The maximum Gasteiger partial charge on any atom is 0.340 e. The summed E-state index contributed by atoms with van der Waals surface area (Å²) < 4.78 is 5.06. The molecule has 0 unspecified atom stereocenters. The molecule has 1 heterocycles. The van der Waals surface area contributed by atoms with Gasteiger partial charge >= 0.3 is 5.97 Å². The van der Waals surface area contributed by atoms with Crippen LogP contribution >= 0.6 is 0 Å². The fourth-order valence-corrected chi connectivity index (χ4v) is 2.44. The van der Waals surface area contributed by atoms with Gasteiger partial charge in [-0.25, -0.2) is 9.78 Å². The van der Waals surface area contributed by atoms with Crippen molar-refractivity contribution in [2.24, 2.45) is 0 Å². The number of aromatic nitrogens is 1. The topological polar surface area (TPSA) is 80.3 Å². The number of ether oxygens (including phenoxy) is 1. The molecule has 1 saturated carbocycles. The second kappa shape index (κ2) is 7.34. The molecule has 25 heavy (non-hydrogen) atoms. The monoisotopic (exact) mass is 339 g/mol. The number of carbonyl (C=O) groups is 2. The molecule has 0 saturated heterocycles. The summed E-state index contributed by atoms with van der Waals surface area (Å²) in [5, 5.41) is 6.02. The summed E-state index contributed by atoms with van der Waals surface area (Å²) in [5.41, 5.74) is 2.99. The normalized spacial score (nSPS) is 13.2. The number of benzene rings is 1. The Morgan fingerprint density at radius 1 is 1.16 bits per heavy atom. The van der Waals surface area contributed by atoms with Crippen molar-refractivity contribution >= 4 is 23.4 Å². The lowest BCUT2D eigenvalue weighted by Gasteiger charge is -2.11. The fourth-order valence-electron chi connectivity index (χ4n) is 2.44. The highest BCUT2D eigenvalue weighted by Crippen LogP contribution is 2.23. The van der Waals surface area contributed by atoms with Crippen molar-refractivity contribution in [2.45, 2.75) is 32.7 Å². The lowest BCUT2D eigenvalue weighted by molar-refractivity contribution is -0.119. The molecular weight excluding hydrogens is 318 g/mol. The van der Waals surface area contributed by atoms with Crippen LogP contribution in [-0.4, -0.2) is 29.5 Å². The highest BCUT2D eigenvalue weighted by atomic mass is 16.5. The van der Waals surface area contributed by atoms with E-state index < -0.39 is 5.97 Å². The molecular formula is C19H21N3O3. The first-order valence-electron chi connectivity index (χ1n) is 8.28. The highest BCUT2D eigenvalue weighted by Gasteiger charge is 2.21. The van der Waals surface area contributed by atoms with E-state index in [0.29, 0.717) is 11.6 Å². The van der Waals surface area contributed by atoms with Crippen LogP contribution in [0.5, 0.6) is 0 Å². The number of para-hydroxylation sites is 1. The molecule has 0 radical (unpaired) electrons. The van der Waals surface area contributed by atoms with Crippen molar-refractivity contribution < 1.29 is 14.3 Å². The van der Waals surface area contributed by atoms with E-state index in [-0.39, 0.29) is 12.5 Å². The van der Waals surface area contributed by atoms with Gasteiger partial charge in [0, 0.05) is 17.9 Å². The molecule has 1 aliphatic rings. The zero-order valence-corrected chi connectivity index (χ0v) is 14.3.